The topological polar surface area (TPSA) is 24.5 Å². The van der Waals surface area contributed by atoms with Gasteiger partial charge in [0.2, 0.25) is 0 Å². The van der Waals surface area contributed by atoms with Gasteiger partial charge in [-0.25, -0.2) is 0 Å². The van der Waals surface area contributed by atoms with Crippen molar-refractivity contribution in [1.29, 1.82) is 0 Å². The van der Waals surface area contributed by atoms with Crippen LogP contribution in [0.5, 0.6) is 0 Å². The fourth-order valence-electron chi connectivity index (χ4n) is 2.48. The first-order valence-corrected chi connectivity index (χ1v) is 8.42. The van der Waals surface area contributed by atoms with E-state index >= 15 is 0 Å². The first-order chi connectivity index (χ1) is 9.37. The highest BCUT2D eigenvalue weighted by molar-refractivity contribution is 4.77. The summed E-state index contributed by atoms with van der Waals surface area (Å²) in [6.45, 7) is 17.8. The lowest BCUT2D eigenvalue weighted by Gasteiger charge is -2.33. The minimum Gasteiger partial charge on any atom is -0.380 e. The highest BCUT2D eigenvalue weighted by atomic mass is 16.5. The molecule has 0 atom stereocenters. The Bertz CT molecular complexity index is 240. The molecule has 0 spiro atoms. The van der Waals surface area contributed by atoms with Crippen LogP contribution in [0.3, 0.4) is 0 Å². The average Bonchev–Trinajstić information content (AvgIpc) is 2.36. The van der Waals surface area contributed by atoms with Crippen LogP contribution in [0.2, 0.25) is 0 Å². The van der Waals surface area contributed by atoms with Crippen LogP contribution in [0.25, 0.3) is 0 Å². The number of hydrogen-bond acceptors (Lipinski definition) is 3. The second kappa shape index (κ2) is 9.01. The van der Waals surface area contributed by atoms with E-state index in [0.29, 0.717) is 0 Å². The summed E-state index contributed by atoms with van der Waals surface area (Å²) in [6, 6.07) is 0. The summed E-state index contributed by atoms with van der Waals surface area (Å²) < 4.78 is 5.71. The van der Waals surface area contributed by atoms with Crippen molar-refractivity contribution in [3.05, 3.63) is 0 Å². The molecule has 0 saturated carbocycles. The predicted octanol–water partition coefficient (Wildman–Crippen LogP) is 3.15. The van der Waals surface area contributed by atoms with E-state index in [9.17, 15) is 0 Å². The average molecular weight is 284 g/mol. The number of nitrogens with one attached hydrogen (secondary N) is 1. The summed E-state index contributed by atoms with van der Waals surface area (Å²) >= 11 is 0. The van der Waals surface area contributed by atoms with E-state index in [-0.39, 0.29) is 5.54 Å². The molecule has 0 aliphatic carbocycles. The van der Waals surface area contributed by atoms with Crippen LogP contribution < -0.4 is 5.32 Å². The van der Waals surface area contributed by atoms with Crippen molar-refractivity contribution in [1.82, 2.24) is 10.2 Å². The Balaban J connectivity index is 2.01. The van der Waals surface area contributed by atoms with Crippen molar-refractivity contribution in [2.75, 3.05) is 39.4 Å². The lowest BCUT2D eigenvalue weighted by Crippen LogP contribution is -2.43. The molecular weight excluding hydrogens is 248 g/mol. The van der Waals surface area contributed by atoms with Crippen molar-refractivity contribution in [3.63, 3.8) is 0 Å². The van der Waals surface area contributed by atoms with Gasteiger partial charge in [0.1, 0.15) is 0 Å². The third-order valence-electron chi connectivity index (χ3n) is 4.02. The van der Waals surface area contributed by atoms with Gasteiger partial charge in [-0.3, -0.25) is 0 Å². The predicted molar refractivity (Wildman–Crippen MR) is 87.2 cm³/mol. The fraction of sp³-hybridized carbons (Fsp3) is 1.00. The molecule has 1 aliphatic rings. The Kier molecular flexibility index (Phi) is 8.08. The summed E-state index contributed by atoms with van der Waals surface area (Å²) in [5.74, 6) is 1.60. The van der Waals surface area contributed by atoms with Gasteiger partial charge in [-0.1, -0.05) is 13.8 Å². The van der Waals surface area contributed by atoms with Gasteiger partial charge in [0.15, 0.2) is 0 Å². The maximum Gasteiger partial charge on any atom is 0.0593 e. The minimum absolute atomic E-state index is 0.251. The summed E-state index contributed by atoms with van der Waals surface area (Å²) in [5.41, 5.74) is 0.251. The van der Waals surface area contributed by atoms with E-state index in [0.717, 1.165) is 31.6 Å². The largest absolute Gasteiger partial charge is 0.380 e. The lowest BCUT2D eigenvalue weighted by molar-refractivity contribution is 0.0820. The normalized spacial score (nSPS) is 18.9. The zero-order valence-electron chi connectivity index (χ0n) is 14.4. The Labute approximate surface area is 126 Å². The standard InChI is InChI=1S/C17H36N2O/c1-15(2)8-12-20-13-11-19-9-6-16(7-10-19)14-18-17(3,4)5/h15-16,18H,6-14H2,1-5H3. The van der Waals surface area contributed by atoms with Crippen molar-refractivity contribution >= 4 is 0 Å². The fourth-order valence-corrected chi connectivity index (χ4v) is 2.48. The van der Waals surface area contributed by atoms with E-state index in [2.05, 4.69) is 44.8 Å². The second-order valence-electron chi connectivity index (χ2n) is 7.71. The molecule has 1 fully saturated rings. The van der Waals surface area contributed by atoms with Crippen LogP contribution in [0.4, 0.5) is 0 Å². The molecular formula is C17H36N2O. The van der Waals surface area contributed by atoms with Crippen molar-refractivity contribution in [3.8, 4) is 0 Å². The second-order valence-corrected chi connectivity index (χ2v) is 7.71. The molecule has 1 rings (SSSR count). The first-order valence-electron chi connectivity index (χ1n) is 8.42. The Morgan fingerprint density at radius 3 is 2.35 bits per heavy atom. The maximum atomic E-state index is 5.71. The highest BCUT2D eigenvalue weighted by Crippen LogP contribution is 2.17. The van der Waals surface area contributed by atoms with Gasteiger partial charge >= 0.3 is 0 Å². The van der Waals surface area contributed by atoms with Crippen LogP contribution in [0.15, 0.2) is 0 Å². The van der Waals surface area contributed by atoms with Gasteiger partial charge in [-0.2, -0.15) is 0 Å². The molecule has 3 heteroatoms. The smallest absolute Gasteiger partial charge is 0.0593 e. The van der Waals surface area contributed by atoms with Gasteiger partial charge in [0.25, 0.3) is 0 Å². The number of nitrogens with zero attached hydrogens (tertiary/aromatic N) is 1. The third kappa shape index (κ3) is 8.93. The number of piperidine rings is 1. The van der Waals surface area contributed by atoms with E-state index in [4.69, 9.17) is 4.74 Å². The SMILES string of the molecule is CC(C)CCOCCN1CCC(CNC(C)(C)C)CC1. The molecule has 1 N–H and O–H groups in total. The van der Waals surface area contributed by atoms with Gasteiger partial charge in [-0.15, -0.1) is 0 Å². The van der Waals surface area contributed by atoms with E-state index < -0.39 is 0 Å². The molecule has 0 aromatic heterocycles. The molecule has 3 nitrogen and oxygen atoms in total. The molecule has 1 aliphatic heterocycles. The summed E-state index contributed by atoms with van der Waals surface area (Å²) in [6.07, 6.45) is 3.84. The Hall–Kier alpha value is -0.120. The lowest BCUT2D eigenvalue weighted by atomic mass is 9.95. The summed E-state index contributed by atoms with van der Waals surface area (Å²) in [7, 11) is 0. The molecule has 1 heterocycles. The van der Waals surface area contributed by atoms with Gasteiger partial charge in [0, 0.05) is 18.7 Å². The zero-order chi connectivity index (χ0) is 15.0. The maximum absolute atomic E-state index is 5.71. The first kappa shape index (κ1) is 17.9. The molecule has 120 valence electrons. The number of ether oxygens (including phenoxy) is 1. The number of likely N-dealkylation sites (tertiary alicyclic amines) is 1. The van der Waals surface area contributed by atoms with Gasteiger partial charge in [0.05, 0.1) is 6.61 Å². The highest BCUT2D eigenvalue weighted by Gasteiger charge is 2.20. The quantitative estimate of drug-likeness (QED) is 0.693. The number of rotatable bonds is 8. The van der Waals surface area contributed by atoms with E-state index in [1.165, 1.54) is 38.9 Å². The molecule has 0 radical (unpaired) electrons. The van der Waals surface area contributed by atoms with E-state index in [1.807, 2.05) is 0 Å². The number of hydrogen-bond donors (Lipinski definition) is 1. The van der Waals surface area contributed by atoms with Crippen LogP contribution in [0, 0.1) is 11.8 Å². The van der Waals surface area contributed by atoms with Crippen LogP contribution in [-0.4, -0.2) is 49.8 Å². The Morgan fingerprint density at radius 1 is 1.15 bits per heavy atom. The zero-order valence-corrected chi connectivity index (χ0v) is 14.4. The van der Waals surface area contributed by atoms with Gasteiger partial charge in [-0.05, 0) is 71.5 Å². The summed E-state index contributed by atoms with van der Waals surface area (Å²) in [5, 5.41) is 3.63. The van der Waals surface area contributed by atoms with E-state index in [1.54, 1.807) is 0 Å². The van der Waals surface area contributed by atoms with Crippen LogP contribution in [0.1, 0.15) is 53.9 Å². The van der Waals surface area contributed by atoms with Gasteiger partial charge < -0.3 is 15.0 Å². The molecule has 0 aromatic carbocycles. The summed E-state index contributed by atoms with van der Waals surface area (Å²) in [4.78, 5) is 2.56. The molecule has 0 amide bonds. The molecule has 0 bridgehead atoms. The molecule has 1 saturated heterocycles. The van der Waals surface area contributed by atoms with Crippen LogP contribution >= 0.6 is 0 Å². The third-order valence-corrected chi connectivity index (χ3v) is 4.02. The molecule has 20 heavy (non-hydrogen) atoms. The minimum atomic E-state index is 0.251. The van der Waals surface area contributed by atoms with Crippen molar-refractivity contribution in [2.45, 2.75) is 59.4 Å². The monoisotopic (exact) mass is 284 g/mol. The van der Waals surface area contributed by atoms with Crippen molar-refractivity contribution < 1.29 is 4.74 Å². The van der Waals surface area contributed by atoms with Crippen molar-refractivity contribution in [2.24, 2.45) is 11.8 Å². The Morgan fingerprint density at radius 2 is 1.80 bits per heavy atom. The molecule has 0 unspecified atom stereocenters. The van der Waals surface area contributed by atoms with Crippen LogP contribution in [-0.2, 0) is 4.74 Å². The molecule has 0 aromatic rings.